The smallest absolute Gasteiger partial charge is 0.193 e. The minimum atomic E-state index is -1.40. The molecular weight excluding hydrogens is 357 g/mol. The molecular formula is C19H21ClFN3O2. The van der Waals surface area contributed by atoms with Crippen molar-refractivity contribution in [1.82, 2.24) is 0 Å². The first-order valence-corrected chi connectivity index (χ1v) is 8.58. The molecule has 5 nitrogen and oxygen atoms in total. The molecule has 1 aliphatic rings. The second-order valence-electron chi connectivity index (χ2n) is 6.25. The van der Waals surface area contributed by atoms with Crippen LogP contribution < -0.4 is 20.5 Å². The third kappa shape index (κ3) is 3.85. The summed E-state index contributed by atoms with van der Waals surface area (Å²) in [7, 11) is 3.13. The predicted molar refractivity (Wildman–Crippen MR) is 102 cm³/mol. The van der Waals surface area contributed by atoms with Crippen LogP contribution in [0.1, 0.15) is 18.4 Å². The first-order chi connectivity index (χ1) is 12.4. The second kappa shape index (κ2) is 7.41. The SMILES string of the molecule is COc1ccc(NC(N)=NC2CC(F)(c3cccc(Cl)c3)C2)cc1OC. The Balaban J connectivity index is 1.63. The molecule has 0 spiro atoms. The molecule has 7 heteroatoms. The minimum Gasteiger partial charge on any atom is -0.493 e. The number of rotatable bonds is 5. The van der Waals surface area contributed by atoms with Crippen molar-refractivity contribution in [3.63, 3.8) is 0 Å². The molecule has 2 aromatic rings. The molecule has 26 heavy (non-hydrogen) atoms. The normalized spacial score (nSPS) is 22.5. The molecule has 0 saturated heterocycles. The summed E-state index contributed by atoms with van der Waals surface area (Å²) in [5.74, 6) is 1.43. The summed E-state index contributed by atoms with van der Waals surface area (Å²) in [5, 5.41) is 3.52. The van der Waals surface area contributed by atoms with E-state index in [1.807, 2.05) is 0 Å². The van der Waals surface area contributed by atoms with Gasteiger partial charge in [0.1, 0.15) is 5.67 Å². The number of halogens is 2. The minimum absolute atomic E-state index is 0.174. The van der Waals surface area contributed by atoms with Crippen molar-refractivity contribution in [3.8, 4) is 11.5 Å². The van der Waals surface area contributed by atoms with E-state index >= 15 is 0 Å². The molecule has 0 radical (unpaired) electrons. The van der Waals surface area contributed by atoms with E-state index in [1.165, 1.54) is 0 Å². The molecule has 0 atom stereocenters. The molecule has 0 aromatic heterocycles. The van der Waals surface area contributed by atoms with Crippen LogP contribution in [0.2, 0.25) is 5.02 Å². The highest BCUT2D eigenvalue weighted by Gasteiger charge is 2.46. The van der Waals surface area contributed by atoms with Gasteiger partial charge in [0.2, 0.25) is 0 Å². The van der Waals surface area contributed by atoms with E-state index < -0.39 is 5.67 Å². The van der Waals surface area contributed by atoms with Gasteiger partial charge in [-0.3, -0.25) is 0 Å². The lowest BCUT2D eigenvalue weighted by molar-refractivity contribution is 0.0415. The fourth-order valence-electron chi connectivity index (χ4n) is 3.07. The fourth-order valence-corrected chi connectivity index (χ4v) is 3.26. The van der Waals surface area contributed by atoms with Gasteiger partial charge in [-0.1, -0.05) is 23.7 Å². The highest BCUT2D eigenvalue weighted by atomic mass is 35.5. The molecule has 2 aromatic carbocycles. The van der Waals surface area contributed by atoms with Crippen LogP contribution in [-0.4, -0.2) is 26.2 Å². The van der Waals surface area contributed by atoms with Gasteiger partial charge in [0.15, 0.2) is 17.5 Å². The van der Waals surface area contributed by atoms with Crippen LogP contribution in [0.25, 0.3) is 0 Å². The maximum absolute atomic E-state index is 14.9. The van der Waals surface area contributed by atoms with Crippen molar-refractivity contribution in [3.05, 3.63) is 53.1 Å². The average Bonchev–Trinajstić information content (AvgIpc) is 2.60. The van der Waals surface area contributed by atoms with Gasteiger partial charge in [-0.2, -0.15) is 0 Å². The van der Waals surface area contributed by atoms with Crippen molar-refractivity contribution >= 4 is 23.2 Å². The van der Waals surface area contributed by atoms with Crippen LogP contribution in [0, 0.1) is 0 Å². The lowest BCUT2D eigenvalue weighted by Gasteiger charge is -2.39. The summed E-state index contributed by atoms with van der Waals surface area (Å²) in [6.45, 7) is 0. The van der Waals surface area contributed by atoms with Crippen molar-refractivity contribution in [1.29, 1.82) is 0 Å². The summed E-state index contributed by atoms with van der Waals surface area (Å²) in [6, 6.07) is 12.0. The number of aliphatic imine (C=N–C) groups is 1. The summed E-state index contributed by atoms with van der Waals surface area (Å²) in [5.41, 5.74) is 5.85. The summed E-state index contributed by atoms with van der Waals surface area (Å²) in [4.78, 5) is 4.36. The van der Waals surface area contributed by atoms with Gasteiger partial charge in [0.25, 0.3) is 0 Å². The van der Waals surface area contributed by atoms with E-state index in [1.54, 1.807) is 56.7 Å². The topological polar surface area (TPSA) is 68.9 Å². The van der Waals surface area contributed by atoms with E-state index in [0.717, 1.165) is 0 Å². The number of nitrogens with zero attached hydrogens (tertiary/aromatic N) is 1. The van der Waals surface area contributed by atoms with Gasteiger partial charge in [-0.05, 0) is 29.8 Å². The summed E-state index contributed by atoms with van der Waals surface area (Å²) in [6.07, 6.45) is 0.559. The standard InChI is InChI=1S/C19H21ClFN3O2/c1-25-16-7-6-14(9-17(16)26-2)23-18(22)24-15-10-19(21,11-15)12-4-3-5-13(20)8-12/h3-9,15H,10-11H2,1-2H3,(H3,22,23,24). The molecule has 0 bridgehead atoms. The van der Waals surface area contributed by atoms with Crippen LogP contribution in [0.3, 0.4) is 0 Å². The summed E-state index contributed by atoms with van der Waals surface area (Å²) < 4.78 is 25.4. The zero-order valence-electron chi connectivity index (χ0n) is 14.6. The Labute approximate surface area is 157 Å². The lowest BCUT2D eigenvalue weighted by atomic mass is 9.73. The lowest BCUT2D eigenvalue weighted by Crippen LogP contribution is -2.41. The number of anilines is 1. The molecule has 1 saturated carbocycles. The number of methoxy groups -OCH3 is 2. The van der Waals surface area contributed by atoms with Crippen molar-refractivity contribution in [2.75, 3.05) is 19.5 Å². The van der Waals surface area contributed by atoms with Gasteiger partial charge >= 0.3 is 0 Å². The number of alkyl halides is 1. The maximum atomic E-state index is 14.9. The van der Waals surface area contributed by atoms with Crippen molar-refractivity contribution < 1.29 is 13.9 Å². The third-order valence-corrected chi connectivity index (χ3v) is 4.67. The molecule has 1 fully saturated rings. The zero-order chi connectivity index (χ0) is 18.7. The summed E-state index contributed by atoms with van der Waals surface area (Å²) >= 11 is 5.95. The Morgan fingerprint density at radius 3 is 2.58 bits per heavy atom. The van der Waals surface area contributed by atoms with Crippen molar-refractivity contribution in [2.24, 2.45) is 10.7 Å². The highest BCUT2D eigenvalue weighted by molar-refractivity contribution is 6.30. The Morgan fingerprint density at radius 2 is 1.92 bits per heavy atom. The van der Waals surface area contributed by atoms with Crippen LogP contribution in [-0.2, 0) is 5.67 Å². The van der Waals surface area contributed by atoms with E-state index in [0.29, 0.717) is 27.8 Å². The number of nitrogens with one attached hydrogen (secondary N) is 1. The molecule has 138 valence electrons. The monoisotopic (exact) mass is 377 g/mol. The highest BCUT2D eigenvalue weighted by Crippen LogP contribution is 2.47. The average molecular weight is 378 g/mol. The Bertz CT molecular complexity index is 822. The van der Waals surface area contributed by atoms with Gasteiger partial charge in [0, 0.05) is 29.6 Å². The van der Waals surface area contributed by atoms with Crippen LogP contribution in [0.5, 0.6) is 11.5 Å². The molecule has 3 rings (SSSR count). The van der Waals surface area contributed by atoms with Crippen LogP contribution in [0.4, 0.5) is 10.1 Å². The number of hydrogen-bond acceptors (Lipinski definition) is 3. The molecule has 0 unspecified atom stereocenters. The second-order valence-corrected chi connectivity index (χ2v) is 6.68. The molecule has 0 amide bonds. The van der Waals surface area contributed by atoms with Gasteiger partial charge in [-0.25, -0.2) is 9.38 Å². The van der Waals surface area contributed by atoms with Gasteiger partial charge in [0.05, 0.1) is 20.3 Å². The molecule has 1 aliphatic carbocycles. The third-order valence-electron chi connectivity index (χ3n) is 4.44. The Morgan fingerprint density at radius 1 is 1.19 bits per heavy atom. The van der Waals surface area contributed by atoms with Crippen LogP contribution in [0.15, 0.2) is 47.5 Å². The van der Waals surface area contributed by atoms with Gasteiger partial charge in [-0.15, -0.1) is 0 Å². The quantitative estimate of drug-likeness (QED) is 0.607. The predicted octanol–water partition coefficient (Wildman–Crippen LogP) is 4.11. The van der Waals surface area contributed by atoms with Crippen molar-refractivity contribution in [2.45, 2.75) is 24.6 Å². The number of hydrogen-bond donors (Lipinski definition) is 2. The van der Waals surface area contributed by atoms with E-state index in [9.17, 15) is 4.39 Å². The van der Waals surface area contributed by atoms with E-state index in [2.05, 4.69) is 10.3 Å². The number of guanidine groups is 1. The Hall–Kier alpha value is -2.47. The van der Waals surface area contributed by atoms with E-state index in [4.69, 9.17) is 26.8 Å². The molecule has 0 heterocycles. The fraction of sp³-hybridized carbons (Fsp3) is 0.316. The molecule has 3 N–H and O–H groups in total. The zero-order valence-corrected chi connectivity index (χ0v) is 15.4. The van der Waals surface area contributed by atoms with Crippen LogP contribution >= 0.6 is 11.6 Å². The largest absolute Gasteiger partial charge is 0.493 e. The van der Waals surface area contributed by atoms with E-state index in [-0.39, 0.29) is 24.8 Å². The molecule has 0 aliphatic heterocycles. The first-order valence-electron chi connectivity index (χ1n) is 8.21. The van der Waals surface area contributed by atoms with Gasteiger partial charge < -0.3 is 20.5 Å². The number of benzene rings is 2. The first kappa shape index (κ1) is 18.3. The number of ether oxygens (including phenoxy) is 2. The number of nitrogens with two attached hydrogens (primary N) is 1. The maximum Gasteiger partial charge on any atom is 0.193 e. The Kier molecular flexibility index (Phi) is 5.23.